The molecule has 1 unspecified atom stereocenters. The maximum atomic E-state index is 13.6. The minimum absolute atomic E-state index is 0.0130. The van der Waals surface area contributed by atoms with Crippen LogP contribution in [0.5, 0.6) is 0 Å². The number of hydrogen-bond donors (Lipinski definition) is 1. The van der Waals surface area contributed by atoms with Gasteiger partial charge in [-0.15, -0.1) is 11.8 Å². The van der Waals surface area contributed by atoms with Gasteiger partial charge in [0.05, 0.1) is 16.0 Å². The third-order valence-electron chi connectivity index (χ3n) is 2.44. The van der Waals surface area contributed by atoms with Crippen molar-refractivity contribution in [1.82, 2.24) is 0 Å². The van der Waals surface area contributed by atoms with Crippen LogP contribution in [-0.4, -0.2) is 16.9 Å². The van der Waals surface area contributed by atoms with Gasteiger partial charge in [0.15, 0.2) is 5.82 Å². The van der Waals surface area contributed by atoms with Crippen molar-refractivity contribution in [3.8, 4) is 0 Å². The molecule has 0 spiro atoms. The van der Waals surface area contributed by atoms with Gasteiger partial charge in [0, 0.05) is 0 Å². The van der Waals surface area contributed by atoms with Crippen molar-refractivity contribution in [2.24, 2.45) is 0 Å². The summed E-state index contributed by atoms with van der Waals surface area (Å²) < 4.78 is 13.6. The van der Waals surface area contributed by atoms with Crippen molar-refractivity contribution in [2.45, 2.75) is 31.9 Å². The van der Waals surface area contributed by atoms with Gasteiger partial charge < -0.3 is 5.32 Å². The van der Waals surface area contributed by atoms with E-state index in [1.807, 2.05) is 6.92 Å². The molecule has 2 nitrogen and oxygen atoms in total. The Kier molecular flexibility index (Phi) is 6.50. The Morgan fingerprint density at radius 3 is 2.94 bits per heavy atom. The molecule has 1 rings (SSSR count). The summed E-state index contributed by atoms with van der Waals surface area (Å²) in [5.41, 5.74) is 0.135. The van der Waals surface area contributed by atoms with Gasteiger partial charge in [-0.2, -0.15) is 0 Å². The lowest BCUT2D eigenvalue weighted by Crippen LogP contribution is -2.23. The van der Waals surface area contributed by atoms with Crippen LogP contribution in [0.3, 0.4) is 0 Å². The molecule has 1 aromatic carbocycles. The standard InChI is InChI=1S/C13H17ClFNOS/c1-3-4-8-18-9(2)13(17)16-11-7-5-6-10(14)12(11)15/h5-7,9H,3-4,8H2,1-2H3,(H,16,17). The summed E-state index contributed by atoms with van der Waals surface area (Å²) in [6.07, 6.45) is 2.18. The van der Waals surface area contributed by atoms with Gasteiger partial charge in [0.2, 0.25) is 5.91 Å². The van der Waals surface area contributed by atoms with Crippen molar-refractivity contribution < 1.29 is 9.18 Å². The predicted octanol–water partition coefficient (Wildman–Crippen LogP) is 4.34. The van der Waals surface area contributed by atoms with E-state index in [0.717, 1.165) is 18.6 Å². The molecule has 0 aromatic heterocycles. The van der Waals surface area contributed by atoms with E-state index in [4.69, 9.17) is 11.6 Å². The van der Waals surface area contributed by atoms with E-state index in [1.54, 1.807) is 17.8 Å². The average Bonchev–Trinajstić information content (AvgIpc) is 2.35. The maximum absolute atomic E-state index is 13.6. The van der Waals surface area contributed by atoms with Gasteiger partial charge in [0.25, 0.3) is 0 Å². The van der Waals surface area contributed by atoms with Gasteiger partial charge in [-0.05, 0) is 31.2 Å². The van der Waals surface area contributed by atoms with Crippen LogP contribution in [0.2, 0.25) is 5.02 Å². The molecule has 0 saturated heterocycles. The third kappa shape index (κ3) is 4.50. The zero-order chi connectivity index (χ0) is 13.5. The Morgan fingerprint density at radius 2 is 2.28 bits per heavy atom. The number of benzene rings is 1. The SMILES string of the molecule is CCCCSC(C)C(=O)Nc1cccc(Cl)c1F. The lowest BCUT2D eigenvalue weighted by molar-refractivity contribution is -0.115. The molecule has 0 aliphatic rings. The molecule has 0 fully saturated rings. The Labute approximate surface area is 116 Å². The van der Waals surface area contributed by atoms with Crippen LogP contribution in [0.1, 0.15) is 26.7 Å². The van der Waals surface area contributed by atoms with Gasteiger partial charge in [0.1, 0.15) is 0 Å². The highest BCUT2D eigenvalue weighted by Crippen LogP contribution is 2.23. The zero-order valence-corrected chi connectivity index (χ0v) is 12.1. The molecule has 1 aromatic rings. The lowest BCUT2D eigenvalue weighted by Gasteiger charge is -2.12. The molecule has 1 amide bonds. The van der Waals surface area contributed by atoms with Crippen LogP contribution < -0.4 is 5.32 Å². The summed E-state index contributed by atoms with van der Waals surface area (Å²) >= 11 is 7.22. The molecule has 1 atom stereocenters. The van der Waals surface area contributed by atoms with E-state index in [0.29, 0.717) is 0 Å². The first-order chi connectivity index (χ1) is 8.56. The molecule has 0 saturated carbocycles. The van der Waals surface area contributed by atoms with E-state index in [1.165, 1.54) is 12.1 Å². The minimum atomic E-state index is -0.585. The van der Waals surface area contributed by atoms with E-state index in [9.17, 15) is 9.18 Å². The summed E-state index contributed by atoms with van der Waals surface area (Å²) in [7, 11) is 0. The van der Waals surface area contributed by atoms with Gasteiger partial charge >= 0.3 is 0 Å². The minimum Gasteiger partial charge on any atom is -0.323 e. The first-order valence-corrected chi connectivity index (χ1v) is 7.35. The number of carbonyl (C=O) groups is 1. The number of rotatable bonds is 6. The molecule has 0 radical (unpaired) electrons. The summed E-state index contributed by atoms with van der Waals surface area (Å²) in [5.74, 6) is 0.152. The number of amides is 1. The van der Waals surface area contributed by atoms with Crippen LogP contribution in [0.25, 0.3) is 0 Å². The van der Waals surface area contributed by atoms with E-state index >= 15 is 0 Å². The monoisotopic (exact) mass is 289 g/mol. The molecule has 1 N–H and O–H groups in total. The number of halogens is 2. The van der Waals surface area contributed by atoms with Gasteiger partial charge in [-0.3, -0.25) is 4.79 Å². The Bertz CT molecular complexity index is 414. The van der Waals surface area contributed by atoms with Gasteiger partial charge in [-0.1, -0.05) is 31.0 Å². The fraction of sp³-hybridized carbons (Fsp3) is 0.462. The third-order valence-corrected chi connectivity index (χ3v) is 3.97. The zero-order valence-electron chi connectivity index (χ0n) is 10.5. The number of carbonyl (C=O) groups excluding carboxylic acids is 1. The molecule has 5 heteroatoms. The average molecular weight is 290 g/mol. The van der Waals surface area contributed by atoms with Gasteiger partial charge in [-0.25, -0.2) is 4.39 Å². The highest BCUT2D eigenvalue weighted by Gasteiger charge is 2.15. The molecule has 0 aliphatic carbocycles. The Morgan fingerprint density at radius 1 is 1.56 bits per heavy atom. The summed E-state index contributed by atoms with van der Waals surface area (Å²) in [6, 6.07) is 4.56. The van der Waals surface area contributed by atoms with Crippen molar-refractivity contribution in [2.75, 3.05) is 11.1 Å². The Balaban J connectivity index is 2.56. The van der Waals surface area contributed by atoms with Crippen LogP contribution in [0.4, 0.5) is 10.1 Å². The number of nitrogens with one attached hydrogen (secondary N) is 1. The molecule has 0 heterocycles. The predicted molar refractivity (Wildman–Crippen MR) is 76.9 cm³/mol. The molecule has 100 valence electrons. The fourth-order valence-corrected chi connectivity index (χ4v) is 2.51. The summed E-state index contributed by atoms with van der Waals surface area (Å²) in [5, 5.41) is 2.37. The number of unbranched alkanes of at least 4 members (excludes halogenated alkanes) is 1. The quantitative estimate of drug-likeness (QED) is 0.789. The van der Waals surface area contributed by atoms with Crippen LogP contribution in [0, 0.1) is 5.82 Å². The normalized spacial score (nSPS) is 12.2. The summed E-state index contributed by atoms with van der Waals surface area (Å²) in [4.78, 5) is 11.8. The van der Waals surface area contributed by atoms with Crippen molar-refractivity contribution >= 4 is 35.0 Å². The van der Waals surface area contributed by atoms with Crippen molar-refractivity contribution in [1.29, 1.82) is 0 Å². The molecular formula is C13H17ClFNOS. The summed E-state index contributed by atoms with van der Waals surface area (Å²) in [6.45, 7) is 3.92. The molecule has 0 aliphatic heterocycles. The second kappa shape index (κ2) is 7.64. The lowest BCUT2D eigenvalue weighted by atomic mass is 10.3. The second-order valence-corrected chi connectivity index (χ2v) is 5.81. The molecule has 0 bridgehead atoms. The maximum Gasteiger partial charge on any atom is 0.237 e. The van der Waals surface area contributed by atoms with Crippen LogP contribution in [0.15, 0.2) is 18.2 Å². The first-order valence-electron chi connectivity index (χ1n) is 5.92. The first kappa shape index (κ1) is 15.3. The largest absolute Gasteiger partial charge is 0.323 e. The number of anilines is 1. The topological polar surface area (TPSA) is 29.1 Å². The fourth-order valence-electron chi connectivity index (χ4n) is 1.31. The highest BCUT2D eigenvalue weighted by atomic mass is 35.5. The van der Waals surface area contributed by atoms with E-state index in [2.05, 4.69) is 12.2 Å². The van der Waals surface area contributed by atoms with E-state index < -0.39 is 5.82 Å². The number of thioether (sulfide) groups is 1. The van der Waals surface area contributed by atoms with E-state index in [-0.39, 0.29) is 21.9 Å². The molecular weight excluding hydrogens is 273 g/mol. The van der Waals surface area contributed by atoms with Crippen LogP contribution in [-0.2, 0) is 4.79 Å². The highest BCUT2D eigenvalue weighted by molar-refractivity contribution is 8.00. The van der Waals surface area contributed by atoms with Crippen molar-refractivity contribution in [3.63, 3.8) is 0 Å². The number of hydrogen-bond acceptors (Lipinski definition) is 2. The smallest absolute Gasteiger partial charge is 0.237 e. The second-order valence-electron chi connectivity index (χ2n) is 3.96. The van der Waals surface area contributed by atoms with Crippen LogP contribution >= 0.6 is 23.4 Å². The Hall–Kier alpha value is -0.740. The molecule has 18 heavy (non-hydrogen) atoms. The van der Waals surface area contributed by atoms with Crippen molar-refractivity contribution in [3.05, 3.63) is 29.0 Å².